The molecule has 3 aromatic rings. The average molecular weight is 441 g/mol. The highest BCUT2D eigenvalue weighted by molar-refractivity contribution is 9.10. The Morgan fingerprint density at radius 3 is 2.54 bits per heavy atom. The predicted molar refractivity (Wildman–Crippen MR) is 99.5 cm³/mol. The highest BCUT2D eigenvalue weighted by Crippen LogP contribution is 2.19. The summed E-state index contributed by atoms with van der Waals surface area (Å²) < 4.78 is 32.2. The van der Waals surface area contributed by atoms with E-state index in [0.29, 0.717) is 17.6 Å². The number of nitrogens with zero attached hydrogens (tertiary/aromatic N) is 4. The second-order valence-corrected chi connectivity index (χ2v) is 8.60. The second-order valence-electron chi connectivity index (χ2n) is 5.54. The van der Waals surface area contributed by atoms with Gasteiger partial charge in [0.25, 0.3) is 0 Å². The molecule has 0 bridgehead atoms. The van der Waals surface area contributed by atoms with Gasteiger partial charge < -0.3 is 9.57 Å². The van der Waals surface area contributed by atoms with E-state index in [0.717, 1.165) is 14.5 Å². The lowest BCUT2D eigenvalue weighted by atomic mass is 10.3. The molecule has 2 aromatic carbocycles. The first-order chi connectivity index (χ1) is 12.4. The molecule has 1 aromatic heterocycles. The molecule has 0 saturated heterocycles. The van der Waals surface area contributed by atoms with Crippen molar-refractivity contribution in [1.82, 2.24) is 19.5 Å². The lowest BCUT2D eigenvalue weighted by Gasteiger charge is -2.11. The topological polar surface area (TPSA) is 86.6 Å². The van der Waals surface area contributed by atoms with E-state index in [1.54, 1.807) is 6.07 Å². The number of sulfonamides is 1. The van der Waals surface area contributed by atoms with E-state index in [-0.39, 0.29) is 11.5 Å². The summed E-state index contributed by atoms with van der Waals surface area (Å²) in [4.78, 5) is 6.88. The van der Waals surface area contributed by atoms with Crippen molar-refractivity contribution in [2.75, 3.05) is 27.3 Å². The standard InChI is InChI=1S/C16H17BrN4O4S/c1-20(2)26(22,23)14-7-8-15-16(11-14)21(19-18-15)25-10-9-24-13-5-3-12(17)4-6-13/h3-8,11H,9-10H2,1-2H3. The van der Waals surface area contributed by atoms with E-state index >= 15 is 0 Å². The fourth-order valence-corrected chi connectivity index (χ4v) is 3.35. The fourth-order valence-electron chi connectivity index (χ4n) is 2.16. The predicted octanol–water partition coefficient (Wildman–Crippen LogP) is 1.95. The van der Waals surface area contributed by atoms with Gasteiger partial charge in [0, 0.05) is 18.6 Å². The number of halogens is 1. The quantitative estimate of drug-likeness (QED) is 0.521. The molecular weight excluding hydrogens is 424 g/mol. The molecule has 0 aliphatic carbocycles. The maximum absolute atomic E-state index is 12.3. The molecular formula is C16H17BrN4O4S. The van der Waals surface area contributed by atoms with Crippen LogP contribution in [0.2, 0.25) is 0 Å². The molecule has 0 aliphatic heterocycles. The third-order valence-corrected chi connectivity index (χ3v) is 5.88. The van der Waals surface area contributed by atoms with Crippen LogP contribution in [0.25, 0.3) is 11.0 Å². The van der Waals surface area contributed by atoms with E-state index in [9.17, 15) is 8.42 Å². The number of hydrogen-bond acceptors (Lipinski definition) is 6. The van der Waals surface area contributed by atoms with Crippen molar-refractivity contribution in [2.45, 2.75) is 4.90 Å². The van der Waals surface area contributed by atoms with Crippen molar-refractivity contribution in [3.8, 4) is 5.75 Å². The van der Waals surface area contributed by atoms with Crippen molar-refractivity contribution in [3.05, 3.63) is 46.9 Å². The molecule has 0 fully saturated rings. The molecule has 10 heteroatoms. The SMILES string of the molecule is CN(C)S(=O)(=O)c1ccc2nnn(OCCOc3ccc(Br)cc3)c2c1. The summed E-state index contributed by atoms with van der Waals surface area (Å²) in [5, 5.41) is 7.86. The Hall–Kier alpha value is -2.17. The Morgan fingerprint density at radius 2 is 1.85 bits per heavy atom. The van der Waals surface area contributed by atoms with Crippen LogP contribution in [-0.4, -0.2) is 55.2 Å². The molecule has 8 nitrogen and oxygen atoms in total. The van der Waals surface area contributed by atoms with Gasteiger partial charge in [-0.2, -0.15) is 0 Å². The number of rotatable bonds is 7. The van der Waals surface area contributed by atoms with E-state index < -0.39 is 10.0 Å². The van der Waals surface area contributed by atoms with Gasteiger partial charge in [0.1, 0.15) is 23.4 Å². The smallest absolute Gasteiger partial charge is 0.242 e. The first kappa shape index (κ1) is 18.6. The third-order valence-electron chi connectivity index (χ3n) is 3.54. The van der Waals surface area contributed by atoms with Gasteiger partial charge in [-0.15, -0.1) is 5.10 Å². The minimum Gasteiger partial charge on any atom is -0.490 e. The molecule has 138 valence electrons. The Bertz CT molecular complexity index is 1000. The number of fused-ring (bicyclic) bond motifs is 1. The average Bonchev–Trinajstić information content (AvgIpc) is 3.02. The number of ether oxygens (including phenoxy) is 1. The Kier molecular flexibility index (Phi) is 5.44. The minimum atomic E-state index is -3.55. The van der Waals surface area contributed by atoms with E-state index in [1.807, 2.05) is 24.3 Å². The maximum Gasteiger partial charge on any atom is 0.242 e. The van der Waals surface area contributed by atoms with Gasteiger partial charge in [-0.25, -0.2) is 12.7 Å². The number of benzene rings is 2. The highest BCUT2D eigenvalue weighted by atomic mass is 79.9. The second kappa shape index (κ2) is 7.60. The van der Waals surface area contributed by atoms with Crippen molar-refractivity contribution < 1.29 is 18.0 Å². The van der Waals surface area contributed by atoms with Crippen LogP contribution in [0, 0.1) is 0 Å². The molecule has 0 amide bonds. The number of aromatic nitrogens is 3. The monoisotopic (exact) mass is 440 g/mol. The van der Waals surface area contributed by atoms with Crippen molar-refractivity contribution >= 4 is 37.0 Å². The van der Waals surface area contributed by atoms with Gasteiger partial charge in [0.2, 0.25) is 10.0 Å². The van der Waals surface area contributed by atoms with Crippen molar-refractivity contribution in [1.29, 1.82) is 0 Å². The first-order valence-corrected chi connectivity index (χ1v) is 9.91. The van der Waals surface area contributed by atoms with E-state index in [2.05, 4.69) is 26.2 Å². The lowest BCUT2D eigenvalue weighted by molar-refractivity contribution is 0.0639. The molecule has 1 heterocycles. The summed E-state index contributed by atoms with van der Waals surface area (Å²) >= 11 is 3.36. The van der Waals surface area contributed by atoms with Gasteiger partial charge in [0.05, 0.1) is 4.90 Å². The fraction of sp³-hybridized carbons (Fsp3) is 0.250. The van der Waals surface area contributed by atoms with E-state index in [1.165, 1.54) is 31.1 Å². The van der Waals surface area contributed by atoms with Crippen LogP contribution in [0.1, 0.15) is 0 Å². The highest BCUT2D eigenvalue weighted by Gasteiger charge is 2.19. The zero-order chi connectivity index (χ0) is 18.7. The van der Waals surface area contributed by atoms with Crippen LogP contribution >= 0.6 is 15.9 Å². The van der Waals surface area contributed by atoms with Crippen LogP contribution in [0.4, 0.5) is 0 Å². The van der Waals surface area contributed by atoms with Gasteiger partial charge >= 0.3 is 0 Å². The van der Waals surface area contributed by atoms with Gasteiger partial charge in [-0.05, 0) is 47.7 Å². The summed E-state index contributed by atoms with van der Waals surface area (Å²) in [6.07, 6.45) is 0. The van der Waals surface area contributed by atoms with Crippen molar-refractivity contribution in [2.24, 2.45) is 0 Å². The summed E-state index contributed by atoms with van der Waals surface area (Å²) in [6, 6.07) is 12.0. The molecule has 0 radical (unpaired) electrons. The van der Waals surface area contributed by atoms with Crippen LogP contribution in [0.3, 0.4) is 0 Å². The van der Waals surface area contributed by atoms with Gasteiger partial charge in [-0.3, -0.25) is 0 Å². The summed E-state index contributed by atoms with van der Waals surface area (Å²) in [7, 11) is -0.593. The van der Waals surface area contributed by atoms with E-state index in [4.69, 9.17) is 9.57 Å². The molecule has 26 heavy (non-hydrogen) atoms. The minimum absolute atomic E-state index is 0.147. The van der Waals surface area contributed by atoms with Gasteiger partial charge in [0.15, 0.2) is 6.61 Å². The summed E-state index contributed by atoms with van der Waals surface area (Å²) in [5.74, 6) is 0.722. The maximum atomic E-state index is 12.3. The molecule has 0 saturated carbocycles. The summed E-state index contributed by atoms with van der Waals surface area (Å²) in [5.41, 5.74) is 1.01. The molecule has 0 atom stereocenters. The van der Waals surface area contributed by atoms with Crippen LogP contribution in [0.5, 0.6) is 5.75 Å². The molecule has 3 rings (SSSR count). The number of hydrogen-bond donors (Lipinski definition) is 0. The Labute approximate surface area is 159 Å². The van der Waals surface area contributed by atoms with Crippen LogP contribution < -0.4 is 9.57 Å². The normalized spacial score (nSPS) is 11.8. The van der Waals surface area contributed by atoms with Crippen LogP contribution in [0.15, 0.2) is 51.8 Å². The molecule has 0 unspecified atom stereocenters. The third kappa shape index (κ3) is 3.97. The zero-order valence-corrected chi connectivity index (χ0v) is 16.6. The zero-order valence-electron chi connectivity index (χ0n) is 14.2. The lowest BCUT2D eigenvalue weighted by Crippen LogP contribution is -2.22. The molecule has 0 spiro atoms. The summed E-state index contributed by atoms with van der Waals surface area (Å²) in [6.45, 7) is 0.526. The molecule has 0 aliphatic rings. The largest absolute Gasteiger partial charge is 0.490 e. The van der Waals surface area contributed by atoms with Crippen molar-refractivity contribution in [3.63, 3.8) is 0 Å². The Balaban J connectivity index is 1.69. The first-order valence-electron chi connectivity index (χ1n) is 7.67. The van der Waals surface area contributed by atoms with Gasteiger partial charge in [-0.1, -0.05) is 20.8 Å². The Morgan fingerprint density at radius 1 is 1.12 bits per heavy atom. The molecule has 0 N–H and O–H groups in total. The van der Waals surface area contributed by atoms with Crippen LogP contribution in [-0.2, 0) is 10.0 Å².